The minimum atomic E-state index is -0.500. The van der Waals surface area contributed by atoms with Gasteiger partial charge in [-0.05, 0) is 51.5 Å². The van der Waals surface area contributed by atoms with Crippen molar-refractivity contribution in [3.8, 4) is 0 Å². The maximum atomic E-state index is 11.7. The van der Waals surface area contributed by atoms with Crippen molar-refractivity contribution in [3.05, 3.63) is 24.3 Å². The van der Waals surface area contributed by atoms with Crippen molar-refractivity contribution in [2.24, 2.45) is 0 Å². The minimum Gasteiger partial charge on any atom is -0.444 e. The Bertz CT molecular complexity index is 438. The molecule has 1 aromatic rings. The van der Waals surface area contributed by atoms with Gasteiger partial charge in [-0.3, -0.25) is 5.32 Å². The Hall–Kier alpha value is -1.75. The van der Waals surface area contributed by atoms with Crippen LogP contribution in [-0.2, 0) is 9.47 Å². The van der Waals surface area contributed by atoms with E-state index in [1.807, 2.05) is 45.0 Å². The van der Waals surface area contributed by atoms with Gasteiger partial charge in [-0.2, -0.15) is 0 Å². The summed E-state index contributed by atoms with van der Waals surface area (Å²) in [4.78, 5) is 11.7. The zero-order valence-corrected chi connectivity index (χ0v) is 13.5. The number of carbonyl (C=O) groups is 1. The van der Waals surface area contributed by atoms with E-state index in [4.69, 9.17) is 9.47 Å². The number of carbonyl (C=O) groups excluding carboxylic acids is 1. The van der Waals surface area contributed by atoms with Crippen LogP contribution in [0.2, 0.25) is 0 Å². The fourth-order valence-electron chi connectivity index (χ4n) is 1.77. The predicted molar refractivity (Wildman–Crippen MR) is 85.9 cm³/mol. The van der Waals surface area contributed by atoms with E-state index in [1.54, 1.807) is 7.11 Å². The van der Waals surface area contributed by atoms with Crippen molar-refractivity contribution in [2.45, 2.75) is 45.8 Å². The molecule has 5 nitrogen and oxygen atoms in total. The largest absolute Gasteiger partial charge is 0.444 e. The smallest absolute Gasteiger partial charge is 0.412 e. The SMILES string of the molecule is CCC(COC)Nc1ccc(NC(=O)OC(C)(C)C)cc1. The number of anilines is 2. The molecule has 1 atom stereocenters. The van der Waals surface area contributed by atoms with Gasteiger partial charge in [0.2, 0.25) is 0 Å². The number of rotatable bonds is 6. The molecule has 0 saturated heterocycles. The third kappa shape index (κ3) is 6.99. The molecule has 1 rings (SSSR count). The van der Waals surface area contributed by atoms with Gasteiger partial charge >= 0.3 is 6.09 Å². The number of hydrogen-bond acceptors (Lipinski definition) is 4. The molecule has 0 aliphatic rings. The summed E-state index contributed by atoms with van der Waals surface area (Å²) in [5.41, 5.74) is 1.20. The number of amides is 1. The van der Waals surface area contributed by atoms with Crippen LogP contribution in [0.4, 0.5) is 16.2 Å². The highest BCUT2D eigenvalue weighted by atomic mass is 16.6. The van der Waals surface area contributed by atoms with E-state index in [-0.39, 0.29) is 6.04 Å². The van der Waals surface area contributed by atoms with Crippen molar-refractivity contribution in [3.63, 3.8) is 0 Å². The fraction of sp³-hybridized carbons (Fsp3) is 0.562. The van der Waals surface area contributed by atoms with Crippen molar-refractivity contribution < 1.29 is 14.3 Å². The zero-order valence-electron chi connectivity index (χ0n) is 13.5. The van der Waals surface area contributed by atoms with Crippen LogP contribution in [0.1, 0.15) is 34.1 Å². The topological polar surface area (TPSA) is 59.6 Å². The fourth-order valence-corrected chi connectivity index (χ4v) is 1.77. The summed E-state index contributed by atoms with van der Waals surface area (Å²) in [5.74, 6) is 0. The van der Waals surface area contributed by atoms with Gasteiger partial charge in [0.05, 0.1) is 6.61 Å². The lowest BCUT2D eigenvalue weighted by molar-refractivity contribution is 0.0636. The average Bonchev–Trinajstić information content (AvgIpc) is 2.38. The number of ether oxygens (including phenoxy) is 2. The quantitative estimate of drug-likeness (QED) is 0.836. The summed E-state index contributed by atoms with van der Waals surface area (Å²) in [6, 6.07) is 7.80. The Morgan fingerprint density at radius 3 is 2.24 bits per heavy atom. The van der Waals surface area contributed by atoms with E-state index in [9.17, 15) is 4.79 Å². The monoisotopic (exact) mass is 294 g/mol. The molecule has 118 valence electrons. The van der Waals surface area contributed by atoms with Gasteiger partial charge in [-0.15, -0.1) is 0 Å². The van der Waals surface area contributed by atoms with Crippen molar-refractivity contribution in [1.29, 1.82) is 0 Å². The van der Waals surface area contributed by atoms with Crippen molar-refractivity contribution in [2.75, 3.05) is 24.4 Å². The second-order valence-electron chi connectivity index (χ2n) is 5.91. The molecule has 0 saturated carbocycles. The number of methoxy groups -OCH3 is 1. The second-order valence-corrected chi connectivity index (χ2v) is 5.91. The molecule has 0 aliphatic carbocycles. The Morgan fingerprint density at radius 1 is 1.19 bits per heavy atom. The third-order valence-corrected chi connectivity index (χ3v) is 2.76. The first-order valence-corrected chi connectivity index (χ1v) is 7.19. The van der Waals surface area contributed by atoms with Gasteiger partial charge in [0.1, 0.15) is 5.60 Å². The molecule has 0 spiro atoms. The highest BCUT2D eigenvalue weighted by molar-refractivity contribution is 5.85. The highest BCUT2D eigenvalue weighted by Gasteiger charge is 2.16. The average molecular weight is 294 g/mol. The molecule has 0 heterocycles. The standard InChI is InChI=1S/C16H26N2O3/c1-6-12(11-20-5)17-13-7-9-14(10-8-13)18-15(19)21-16(2,3)4/h7-10,12,17H,6,11H2,1-5H3,(H,18,19). The van der Waals surface area contributed by atoms with Crippen molar-refractivity contribution >= 4 is 17.5 Å². The summed E-state index contributed by atoms with van der Waals surface area (Å²) in [7, 11) is 1.69. The molecule has 0 radical (unpaired) electrons. The van der Waals surface area contributed by atoms with Gasteiger partial charge < -0.3 is 14.8 Å². The Balaban J connectivity index is 2.55. The van der Waals surface area contributed by atoms with Crippen LogP contribution in [0.5, 0.6) is 0 Å². The summed E-state index contributed by atoms with van der Waals surface area (Å²) >= 11 is 0. The van der Waals surface area contributed by atoms with Crippen LogP contribution < -0.4 is 10.6 Å². The molecule has 2 N–H and O–H groups in total. The molecular formula is C16H26N2O3. The molecule has 0 fully saturated rings. The summed E-state index contributed by atoms with van der Waals surface area (Å²) < 4.78 is 10.4. The van der Waals surface area contributed by atoms with Crippen LogP contribution in [0, 0.1) is 0 Å². The highest BCUT2D eigenvalue weighted by Crippen LogP contribution is 2.16. The van der Waals surface area contributed by atoms with E-state index >= 15 is 0 Å². The van der Waals surface area contributed by atoms with Crippen LogP contribution in [0.25, 0.3) is 0 Å². The maximum absolute atomic E-state index is 11.7. The first-order chi connectivity index (χ1) is 9.84. The molecular weight excluding hydrogens is 268 g/mol. The molecule has 0 bridgehead atoms. The molecule has 1 unspecified atom stereocenters. The summed E-state index contributed by atoms with van der Waals surface area (Å²) in [5, 5.41) is 6.08. The maximum Gasteiger partial charge on any atom is 0.412 e. The first-order valence-electron chi connectivity index (χ1n) is 7.19. The number of benzene rings is 1. The van der Waals surface area contributed by atoms with Gasteiger partial charge in [-0.1, -0.05) is 6.92 Å². The normalized spacial score (nSPS) is 12.6. The van der Waals surface area contributed by atoms with Crippen LogP contribution >= 0.6 is 0 Å². The number of nitrogens with one attached hydrogen (secondary N) is 2. The molecule has 0 aromatic heterocycles. The van der Waals surface area contributed by atoms with Crippen LogP contribution in [-0.4, -0.2) is 31.5 Å². The van der Waals surface area contributed by atoms with E-state index in [0.717, 1.165) is 12.1 Å². The van der Waals surface area contributed by atoms with Gasteiger partial charge in [0, 0.05) is 24.5 Å². The molecule has 1 aromatic carbocycles. The van der Waals surface area contributed by atoms with E-state index in [1.165, 1.54) is 0 Å². The minimum absolute atomic E-state index is 0.277. The predicted octanol–water partition coefficient (Wildman–Crippen LogP) is 3.87. The number of hydrogen-bond donors (Lipinski definition) is 2. The van der Waals surface area contributed by atoms with Crippen molar-refractivity contribution in [1.82, 2.24) is 0 Å². The second kappa shape index (κ2) is 7.88. The van der Waals surface area contributed by atoms with E-state index in [0.29, 0.717) is 12.3 Å². The van der Waals surface area contributed by atoms with E-state index < -0.39 is 11.7 Å². The lowest BCUT2D eigenvalue weighted by Crippen LogP contribution is -2.27. The Morgan fingerprint density at radius 2 is 1.76 bits per heavy atom. The van der Waals surface area contributed by atoms with Crippen LogP contribution in [0.15, 0.2) is 24.3 Å². The Labute approximate surface area is 127 Å². The van der Waals surface area contributed by atoms with Gasteiger partial charge in [-0.25, -0.2) is 4.79 Å². The zero-order chi connectivity index (χ0) is 15.9. The molecule has 0 aliphatic heterocycles. The summed E-state index contributed by atoms with van der Waals surface area (Å²) in [6.45, 7) is 8.27. The molecule has 5 heteroatoms. The summed E-state index contributed by atoms with van der Waals surface area (Å²) in [6.07, 6.45) is 0.528. The Kier molecular flexibility index (Phi) is 6.49. The van der Waals surface area contributed by atoms with E-state index in [2.05, 4.69) is 17.6 Å². The van der Waals surface area contributed by atoms with Crippen LogP contribution in [0.3, 0.4) is 0 Å². The molecule has 21 heavy (non-hydrogen) atoms. The third-order valence-electron chi connectivity index (χ3n) is 2.76. The van der Waals surface area contributed by atoms with Gasteiger partial charge in [0.15, 0.2) is 0 Å². The lowest BCUT2D eigenvalue weighted by atomic mass is 10.2. The molecule has 1 amide bonds. The van der Waals surface area contributed by atoms with Gasteiger partial charge in [0.25, 0.3) is 0 Å². The lowest BCUT2D eigenvalue weighted by Gasteiger charge is -2.20. The first kappa shape index (κ1) is 17.3.